The van der Waals surface area contributed by atoms with Crippen LogP contribution in [0.15, 0.2) is 24.3 Å². The second-order valence-corrected chi connectivity index (χ2v) is 4.80. The second-order valence-electron chi connectivity index (χ2n) is 4.80. The van der Waals surface area contributed by atoms with Crippen LogP contribution in [-0.2, 0) is 11.2 Å². The van der Waals surface area contributed by atoms with Crippen LogP contribution in [0.4, 0.5) is 0 Å². The summed E-state index contributed by atoms with van der Waals surface area (Å²) in [6, 6.07) is 7.50. The lowest BCUT2D eigenvalue weighted by atomic mass is 10.1. The molecule has 0 fully saturated rings. The molecule has 1 amide bonds. The van der Waals surface area contributed by atoms with Gasteiger partial charge in [-0.05, 0) is 36.5 Å². The Morgan fingerprint density at radius 2 is 2.05 bits per heavy atom. The lowest BCUT2D eigenvalue weighted by Gasteiger charge is -2.08. The minimum absolute atomic E-state index is 0.0295. The van der Waals surface area contributed by atoms with E-state index >= 15 is 0 Å². The maximum Gasteiger partial charge on any atom is 0.224 e. The van der Waals surface area contributed by atoms with Crippen molar-refractivity contribution in [3.63, 3.8) is 0 Å². The van der Waals surface area contributed by atoms with Gasteiger partial charge < -0.3 is 15.2 Å². The number of ether oxygens (including phenoxy) is 1. The molecular weight excluding hydrogens is 242 g/mol. The minimum atomic E-state index is 0.0295. The molecule has 0 saturated carbocycles. The quantitative estimate of drug-likeness (QED) is 0.704. The van der Waals surface area contributed by atoms with E-state index in [1.54, 1.807) is 7.11 Å². The van der Waals surface area contributed by atoms with Gasteiger partial charge in [-0.15, -0.1) is 0 Å². The fourth-order valence-electron chi connectivity index (χ4n) is 1.76. The summed E-state index contributed by atoms with van der Waals surface area (Å²) in [5.41, 5.74) is 0.974. The number of amides is 1. The third-order valence-corrected chi connectivity index (χ3v) is 3.03. The first-order chi connectivity index (χ1) is 9.15. The molecule has 1 unspecified atom stereocenters. The van der Waals surface area contributed by atoms with Gasteiger partial charge in [-0.3, -0.25) is 4.79 Å². The highest BCUT2D eigenvalue weighted by molar-refractivity contribution is 5.78. The van der Waals surface area contributed by atoms with Crippen LogP contribution in [0.25, 0.3) is 0 Å². The number of carbonyl (C=O) groups is 1. The number of aliphatic hydroxyl groups is 1. The van der Waals surface area contributed by atoms with E-state index in [0.717, 1.165) is 24.2 Å². The fourth-order valence-corrected chi connectivity index (χ4v) is 1.76. The zero-order valence-corrected chi connectivity index (χ0v) is 11.7. The van der Waals surface area contributed by atoms with Crippen LogP contribution in [0.5, 0.6) is 5.75 Å². The molecule has 1 aromatic carbocycles. The van der Waals surface area contributed by atoms with E-state index in [4.69, 9.17) is 9.84 Å². The molecule has 0 saturated heterocycles. The molecule has 0 aliphatic rings. The molecule has 0 aliphatic heterocycles. The first-order valence-corrected chi connectivity index (χ1v) is 6.66. The molecule has 0 radical (unpaired) electrons. The summed E-state index contributed by atoms with van der Waals surface area (Å²) in [5, 5.41) is 11.8. The smallest absolute Gasteiger partial charge is 0.224 e. The van der Waals surface area contributed by atoms with Gasteiger partial charge in [-0.25, -0.2) is 0 Å². The first kappa shape index (κ1) is 15.5. The predicted molar refractivity (Wildman–Crippen MR) is 75.2 cm³/mol. The van der Waals surface area contributed by atoms with Crippen molar-refractivity contribution in [2.45, 2.75) is 26.2 Å². The Morgan fingerprint density at radius 1 is 1.37 bits per heavy atom. The van der Waals surface area contributed by atoms with Gasteiger partial charge >= 0.3 is 0 Å². The molecule has 0 spiro atoms. The molecule has 4 heteroatoms. The summed E-state index contributed by atoms with van der Waals surface area (Å²) in [4.78, 5) is 11.7. The van der Waals surface area contributed by atoms with E-state index < -0.39 is 0 Å². The molecule has 0 heterocycles. The summed E-state index contributed by atoms with van der Waals surface area (Å²) in [7, 11) is 1.62. The molecule has 0 aliphatic carbocycles. The van der Waals surface area contributed by atoms with Gasteiger partial charge in [0, 0.05) is 13.2 Å². The zero-order chi connectivity index (χ0) is 14.1. The lowest BCUT2D eigenvalue weighted by Crippen LogP contribution is -2.26. The number of hydrogen-bond acceptors (Lipinski definition) is 3. The SMILES string of the molecule is COc1ccc(CC(=O)NCCCC(C)CO)cc1. The predicted octanol–water partition coefficient (Wildman–Crippen LogP) is 1.76. The molecule has 1 aromatic rings. The van der Waals surface area contributed by atoms with Crippen LogP contribution >= 0.6 is 0 Å². The highest BCUT2D eigenvalue weighted by Crippen LogP contribution is 2.11. The lowest BCUT2D eigenvalue weighted by molar-refractivity contribution is -0.120. The van der Waals surface area contributed by atoms with Crippen LogP contribution in [0.3, 0.4) is 0 Å². The Hall–Kier alpha value is -1.55. The van der Waals surface area contributed by atoms with Gasteiger partial charge in [0.1, 0.15) is 5.75 Å². The van der Waals surface area contributed by atoms with Crippen molar-refractivity contribution in [1.29, 1.82) is 0 Å². The van der Waals surface area contributed by atoms with Crippen molar-refractivity contribution >= 4 is 5.91 Å². The van der Waals surface area contributed by atoms with E-state index in [2.05, 4.69) is 5.32 Å². The van der Waals surface area contributed by atoms with Gasteiger partial charge in [0.2, 0.25) is 5.91 Å². The summed E-state index contributed by atoms with van der Waals surface area (Å²) in [5.74, 6) is 1.13. The molecule has 19 heavy (non-hydrogen) atoms. The van der Waals surface area contributed by atoms with Crippen LogP contribution in [0.1, 0.15) is 25.3 Å². The Bertz CT molecular complexity index is 375. The van der Waals surface area contributed by atoms with E-state index in [1.165, 1.54) is 0 Å². The second kappa shape index (κ2) is 8.53. The van der Waals surface area contributed by atoms with E-state index in [0.29, 0.717) is 18.9 Å². The van der Waals surface area contributed by atoms with Crippen LogP contribution in [0.2, 0.25) is 0 Å². The first-order valence-electron chi connectivity index (χ1n) is 6.66. The van der Waals surface area contributed by atoms with Gasteiger partial charge in [0.15, 0.2) is 0 Å². The number of methoxy groups -OCH3 is 1. The van der Waals surface area contributed by atoms with Crippen LogP contribution < -0.4 is 10.1 Å². The number of hydrogen-bond donors (Lipinski definition) is 2. The molecule has 1 atom stereocenters. The Labute approximate surface area is 114 Å². The molecule has 0 bridgehead atoms. The Morgan fingerprint density at radius 3 is 2.63 bits per heavy atom. The topological polar surface area (TPSA) is 58.6 Å². The highest BCUT2D eigenvalue weighted by Gasteiger charge is 2.04. The van der Waals surface area contributed by atoms with Crippen LogP contribution in [0, 0.1) is 5.92 Å². The Balaban J connectivity index is 2.23. The maximum absolute atomic E-state index is 11.7. The molecule has 4 nitrogen and oxygen atoms in total. The van der Waals surface area contributed by atoms with Crippen molar-refractivity contribution < 1.29 is 14.6 Å². The number of aliphatic hydroxyl groups excluding tert-OH is 1. The van der Waals surface area contributed by atoms with Gasteiger partial charge in [0.25, 0.3) is 0 Å². The third-order valence-electron chi connectivity index (χ3n) is 3.03. The van der Waals surface area contributed by atoms with Crippen LogP contribution in [-0.4, -0.2) is 31.3 Å². The minimum Gasteiger partial charge on any atom is -0.497 e. The summed E-state index contributed by atoms with van der Waals surface area (Å²) in [6.07, 6.45) is 2.22. The summed E-state index contributed by atoms with van der Waals surface area (Å²) < 4.78 is 5.07. The standard InChI is InChI=1S/C15H23NO3/c1-12(11-17)4-3-9-16-15(18)10-13-5-7-14(19-2)8-6-13/h5-8,12,17H,3-4,9-11H2,1-2H3,(H,16,18). The van der Waals surface area contributed by atoms with Crippen molar-refractivity contribution in [3.05, 3.63) is 29.8 Å². The van der Waals surface area contributed by atoms with Crippen molar-refractivity contribution in [2.75, 3.05) is 20.3 Å². The monoisotopic (exact) mass is 265 g/mol. The number of rotatable bonds is 8. The maximum atomic E-state index is 11.7. The van der Waals surface area contributed by atoms with E-state index in [1.807, 2.05) is 31.2 Å². The van der Waals surface area contributed by atoms with E-state index in [-0.39, 0.29) is 12.5 Å². The normalized spacial score (nSPS) is 11.9. The fraction of sp³-hybridized carbons (Fsp3) is 0.533. The Kier molecular flexibility index (Phi) is 6.97. The summed E-state index contributed by atoms with van der Waals surface area (Å²) in [6.45, 7) is 2.87. The summed E-state index contributed by atoms with van der Waals surface area (Å²) >= 11 is 0. The number of carbonyl (C=O) groups excluding carboxylic acids is 1. The molecule has 106 valence electrons. The highest BCUT2D eigenvalue weighted by atomic mass is 16.5. The van der Waals surface area contributed by atoms with Gasteiger partial charge in [-0.1, -0.05) is 19.1 Å². The zero-order valence-electron chi connectivity index (χ0n) is 11.7. The van der Waals surface area contributed by atoms with Gasteiger partial charge in [-0.2, -0.15) is 0 Å². The molecule has 1 rings (SSSR count). The third kappa shape index (κ3) is 6.25. The van der Waals surface area contributed by atoms with Crippen molar-refractivity contribution in [1.82, 2.24) is 5.32 Å². The number of benzene rings is 1. The average molecular weight is 265 g/mol. The molecule has 0 aromatic heterocycles. The molecular formula is C15H23NO3. The number of nitrogens with one attached hydrogen (secondary N) is 1. The van der Waals surface area contributed by atoms with Gasteiger partial charge in [0.05, 0.1) is 13.5 Å². The van der Waals surface area contributed by atoms with Crippen molar-refractivity contribution in [2.24, 2.45) is 5.92 Å². The van der Waals surface area contributed by atoms with E-state index in [9.17, 15) is 4.79 Å². The largest absolute Gasteiger partial charge is 0.497 e. The van der Waals surface area contributed by atoms with Crippen molar-refractivity contribution in [3.8, 4) is 5.75 Å². The average Bonchev–Trinajstić information content (AvgIpc) is 2.44. The molecule has 2 N–H and O–H groups in total.